The zero-order valence-corrected chi connectivity index (χ0v) is 9.77. The van der Waals surface area contributed by atoms with Crippen molar-refractivity contribution in [3.8, 4) is 0 Å². The van der Waals surface area contributed by atoms with E-state index in [1.807, 2.05) is 0 Å². The van der Waals surface area contributed by atoms with Crippen LogP contribution in [0.2, 0.25) is 0 Å². The number of esters is 1. The third kappa shape index (κ3) is 2.87. The largest absolute Gasteiger partial charge is 0.459 e. The van der Waals surface area contributed by atoms with Crippen LogP contribution in [0.3, 0.4) is 0 Å². The average molecular weight is 252 g/mol. The summed E-state index contributed by atoms with van der Waals surface area (Å²) in [4.78, 5) is 11.2. The second kappa shape index (κ2) is 5.48. The lowest BCUT2D eigenvalue weighted by atomic mass is 9.94. The van der Waals surface area contributed by atoms with E-state index in [0.29, 0.717) is 5.56 Å². The van der Waals surface area contributed by atoms with Gasteiger partial charge in [-0.15, -0.1) is 0 Å². The molecule has 1 aliphatic rings. The Balaban J connectivity index is 2.06. The van der Waals surface area contributed by atoms with Gasteiger partial charge in [0.25, 0.3) is 0 Å². The summed E-state index contributed by atoms with van der Waals surface area (Å²) >= 11 is 0. The summed E-state index contributed by atoms with van der Waals surface area (Å²) in [6.07, 6.45) is -4.02. The molecular weight excluding hydrogens is 236 g/mol. The average Bonchev–Trinajstić information content (AvgIpc) is 2.37. The zero-order valence-electron chi connectivity index (χ0n) is 9.77. The van der Waals surface area contributed by atoms with Crippen molar-refractivity contribution < 1.29 is 24.9 Å². The fourth-order valence-electron chi connectivity index (χ4n) is 2.07. The van der Waals surface area contributed by atoms with Gasteiger partial charge in [0.15, 0.2) is 0 Å². The van der Waals surface area contributed by atoms with Crippen LogP contribution in [0.25, 0.3) is 0 Å². The predicted octanol–water partition coefficient (Wildman–Crippen LogP) is 0.147. The highest BCUT2D eigenvalue weighted by atomic mass is 16.6. The third-order valence-corrected chi connectivity index (χ3v) is 3.04. The highest BCUT2D eigenvalue weighted by Crippen LogP contribution is 2.25. The molecule has 5 heteroatoms. The molecule has 1 aliphatic heterocycles. The molecule has 1 aromatic rings. The number of carbonyl (C=O) groups excluding carboxylic acids is 1. The molecular formula is C13H16O5. The Kier molecular flexibility index (Phi) is 3.96. The Hall–Kier alpha value is -1.43. The lowest BCUT2D eigenvalue weighted by molar-refractivity contribution is -0.174. The number of hydrogen-bond donors (Lipinski definition) is 3. The molecule has 4 atom stereocenters. The van der Waals surface area contributed by atoms with E-state index < -0.39 is 30.4 Å². The summed E-state index contributed by atoms with van der Waals surface area (Å²) in [7, 11) is 0. The van der Waals surface area contributed by atoms with E-state index in [1.165, 1.54) is 0 Å². The van der Waals surface area contributed by atoms with Crippen molar-refractivity contribution in [2.45, 2.75) is 37.3 Å². The maximum Gasteiger partial charge on any atom is 0.308 e. The molecule has 0 saturated carbocycles. The normalized spacial score (nSPS) is 27.4. The van der Waals surface area contributed by atoms with E-state index in [4.69, 9.17) is 4.74 Å². The molecule has 98 valence electrons. The minimum atomic E-state index is -1.24. The zero-order chi connectivity index (χ0) is 13.1. The number of aliphatic hydroxyl groups excluding tert-OH is 3. The first-order valence-electron chi connectivity index (χ1n) is 5.86. The van der Waals surface area contributed by atoms with Crippen LogP contribution in [-0.2, 0) is 9.53 Å². The molecule has 0 radical (unpaired) electrons. The highest BCUT2D eigenvalue weighted by Gasteiger charge is 2.36. The molecule has 1 saturated heterocycles. The minimum Gasteiger partial charge on any atom is -0.459 e. The first kappa shape index (κ1) is 13.0. The van der Waals surface area contributed by atoms with Crippen LogP contribution in [0.15, 0.2) is 30.3 Å². The topological polar surface area (TPSA) is 87.0 Å². The van der Waals surface area contributed by atoms with E-state index >= 15 is 0 Å². The van der Waals surface area contributed by atoms with Crippen molar-refractivity contribution in [1.82, 2.24) is 0 Å². The lowest BCUT2D eigenvalue weighted by Crippen LogP contribution is -2.42. The summed E-state index contributed by atoms with van der Waals surface area (Å²) in [5, 5.41) is 29.4. The third-order valence-electron chi connectivity index (χ3n) is 3.04. The number of carbonyl (C=O) groups is 1. The van der Waals surface area contributed by atoms with Gasteiger partial charge in [-0.25, -0.2) is 0 Å². The van der Waals surface area contributed by atoms with Crippen LogP contribution in [-0.4, -0.2) is 39.6 Å². The fourth-order valence-corrected chi connectivity index (χ4v) is 2.07. The standard InChI is InChI=1S/C13H16O5/c14-9-6-10(18-11(15)7-9)13(17)12(16)8-4-2-1-3-5-8/h1-5,9-10,12-14,16-17H,6-7H2/t9-,10-,12-,13+/m1/s1. The first-order valence-corrected chi connectivity index (χ1v) is 5.86. The molecule has 5 nitrogen and oxygen atoms in total. The van der Waals surface area contributed by atoms with Crippen molar-refractivity contribution in [2.75, 3.05) is 0 Å². The fraction of sp³-hybridized carbons (Fsp3) is 0.462. The molecule has 0 aromatic heterocycles. The van der Waals surface area contributed by atoms with Gasteiger partial charge in [-0.2, -0.15) is 0 Å². The SMILES string of the molecule is O=C1C[C@H](O)C[C@H]([C@H](O)[C@H](O)c2ccccc2)O1. The second-order valence-corrected chi connectivity index (χ2v) is 4.47. The smallest absolute Gasteiger partial charge is 0.308 e. The van der Waals surface area contributed by atoms with Crippen LogP contribution in [0, 0.1) is 0 Å². The Morgan fingerprint density at radius 1 is 1.22 bits per heavy atom. The Morgan fingerprint density at radius 3 is 2.50 bits per heavy atom. The van der Waals surface area contributed by atoms with Gasteiger partial charge in [0, 0.05) is 6.42 Å². The predicted molar refractivity (Wildman–Crippen MR) is 62.5 cm³/mol. The molecule has 2 rings (SSSR count). The van der Waals surface area contributed by atoms with E-state index in [2.05, 4.69) is 0 Å². The van der Waals surface area contributed by atoms with Gasteiger partial charge in [0.1, 0.15) is 18.3 Å². The number of hydrogen-bond acceptors (Lipinski definition) is 5. The summed E-state index contributed by atoms with van der Waals surface area (Å²) in [6.45, 7) is 0. The molecule has 0 unspecified atom stereocenters. The minimum absolute atomic E-state index is 0.0648. The monoisotopic (exact) mass is 252 g/mol. The summed E-state index contributed by atoms with van der Waals surface area (Å²) < 4.78 is 4.95. The number of ether oxygens (including phenoxy) is 1. The quantitative estimate of drug-likeness (QED) is 0.666. The Morgan fingerprint density at radius 2 is 1.89 bits per heavy atom. The molecule has 1 aromatic carbocycles. The van der Waals surface area contributed by atoms with Crippen LogP contribution in [0.1, 0.15) is 24.5 Å². The van der Waals surface area contributed by atoms with Crippen molar-refractivity contribution >= 4 is 5.97 Å². The molecule has 0 aliphatic carbocycles. The maximum absolute atomic E-state index is 11.2. The van der Waals surface area contributed by atoms with Gasteiger partial charge >= 0.3 is 5.97 Å². The Labute approximate surface area is 105 Å². The van der Waals surface area contributed by atoms with Gasteiger partial charge in [0.05, 0.1) is 12.5 Å². The van der Waals surface area contributed by atoms with E-state index in [1.54, 1.807) is 30.3 Å². The van der Waals surface area contributed by atoms with Crippen molar-refractivity contribution in [1.29, 1.82) is 0 Å². The molecule has 0 bridgehead atoms. The number of benzene rings is 1. The van der Waals surface area contributed by atoms with Crippen molar-refractivity contribution in [3.05, 3.63) is 35.9 Å². The highest BCUT2D eigenvalue weighted by molar-refractivity contribution is 5.71. The summed E-state index contributed by atoms with van der Waals surface area (Å²) in [5.41, 5.74) is 0.543. The first-order chi connectivity index (χ1) is 8.58. The van der Waals surface area contributed by atoms with Crippen LogP contribution in [0.4, 0.5) is 0 Å². The number of aliphatic hydroxyl groups is 3. The second-order valence-electron chi connectivity index (χ2n) is 4.47. The van der Waals surface area contributed by atoms with Gasteiger partial charge in [-0.1, -0.05) is 30.3 Å². The molecule has 18 heavy (non-hydrogen) atoms. The van der Waals surface area contributed by atoms with Gasteiger partial charge < -0.3 is 20.1 Å². The van der Waals surface area contributed by atoms with E-state index in [9.17, 15) is 20.1 Å². The molecule has 3 N–H and O–H groups in total. The van der Waals surface area contributed by atoms with E-state index in [0.717, 1.165) is 0 Å². The summed E-state index contributed by atoms with van der Waals surface area (Å²) in [6, 6.07) is 8.64. The van der Waals surface area contributed by atoms with Crippen molar-refractivity contribution in [3.63, 3.8) is 0 Å². The van der Waals surface area contributed by atoms with Gasteiger partial charge in [-0.05, 0) is 5.56 Å². The van der Waals surface area contributed by atoms with Gasteiger partial charge in [-0.3, -0.25) is 4.79 Å². The number of cyclic esters (lactones) is 1. The molecule has 0 amide bonds. The molecule has 1 fully saturated rings. The molecule has 0 spiro atoms. The van der Waals surface area contributed by atoms with E-state index in [-0.39, 0.29) is 12.8 Å². The van der Waals surface area contributed by atoms with Crippen LogP contribution < -0.4 is 0 Å². The molecule has 1 heterocycles. The lowest BCUT2D eigenvalue weighted by Gasteiger charge is -2.31. The Bertz CT molecular complexity index is 405. The van der Waals surface area contributed by atoms with Crippen LogP contribution >= 0.6 is 0 Å². The summed E-state index contributed by atoms with van der Waals surface area (Å²) in [5.74, 6) is -0.557. The van der Waals surface area contributed by atoms with Crippen LogP contribution in [0.5, 0.6) is 0 Å². The van der Waals surface area contributed by atoms with Crippen molar-refractivity contribution in [2.24, 2.45) is 0 Å². The maximum atomic E-state index is 11.2. The number of rotatable bonds is 3. The van der Waals surface area contributed by atoms with Gasteiger partial charge in [0.2, 0.25) is 0 Å².